The number of benzene rings is 1. The van der Waals surface area contributed by atoms with E-state index in [1.807, 2.05) is 11.8 Å². The summed E-state index contributed by atoms with van der Waals surface area (Å²) in [4.78, 5) is 27.5. The van der Waals surface area contributed by atoms with E-state index >= 15 is 0 Å². The first-order chi connectivity index (χ1) is 12.5. The summed E-state index contributed by atoms with van der Waals surface area (Å²) in [6.45, 7) is 2.52. The van der Waals surface area contributed by atoms with E-state index < -0.39 is 5.97 Å². The highest BCUT2D eigenvalue weighted by atomic mass is 32.1. The molecule has 1 aliphatic heterocycles. The monoisotopic (exact) mass is 375 g/mol. The number of fused-ring (bicyclic) bond motifs is 1. The molecule has 1 aliphatic rings. The number of hydrogen-bond acceptors (Lipinski definition) is 6. The Morgan fingerprint density at radius 3 is 2.77 bits per heavy atom. The van der Waals surface area contributed by atoms with Crippen molar-refractivity contribution in [3.8, 4) is 11.5 Å². The van der Waals surface area contributed by atoms with Crippen molar-refractivity contribution in [1.29, 1.82) is 0 Å². The predicted octanol–water partition coefficient (Wildman–Crippen LogP) is 3.07. The number of ether oxygens (including phenoxy) is 3. The van der Waals surface area contributed by atoms with Gasteiger partial charge in [0.2, 0.25) is 0 Å². The van der Waals surface area contributed by atoms with Crippen molar-refractivity contribution in [3.05, 3.63) is 45.6 Å². The number of carbonyl (C=O) groups excluding carboxylic acids is 2. The Balaban J connectivity index is 1.79. The van der Waals surface area contributed by atoms with Crippen LogP contribution in [0.25, 0.3) is 0 Å². The highest BCUT2D eigenvalue weighted by Crippen LogP contribution is 2.35. The summed E-state index contributed by atoms with van der Waals surface area (Å²) in [5, 5.41) is 2.08. The summed E-state index contributed by atoms with van der Waals surface area (Å²) in [7, 11) is 2.79. The number of nitrogens with zero attached hydrogens (tertiary/aromatic N) is 1. The lowest BCUT2D eigenvalue weighted by atomic mass is 10.0. The molecular formula is C19H21NO5S. The highest BCUT2D eigenvalue weighted by Gasteiger charge is 2.29. The van der Waals surface area contributed by atoms with E-state index in [-0.39, 0.29) is 18.6 Å². The summed E-state index contributed by atoms with van der Waals surface area (Å²) in [6.07, 6.45) is 0.876. The lowest BCUT2D eigenvalue weighted by Gasteiger charge is -2.33. The first-order valence-electron chi connectivity index (χ1n) is 8.30. The molecule has 0 N–H and O–H groups in total. The van der Waals surface area contributed by atoms with Crippen molar-refractivity contribution >= 4 is 23.2 Å². The van der Waals surface area contributed by atoms with Crippen molar-refractivity contribution in [2.45, 2.75) is 19.4 Å². The topological polar surface area (TPSA) is 65.1 Å². The van der Waals surface area contributed by atoms with Gasteiger partial charge in [-0.05, 0) is 48.6 Å². The quantitative estimate of drug-likeness (QED) is 0.752. The number of thiophene rings is 1. The second-order valence-corrected chi connectivity index (χ2v) is 6.95. The van der Waals surface area contributed by atoms with E-state index in [1.54, 1.807) is 29.5 Å². The summed E-state index contributed by atoms with van der Waals surface area (Å²) in [5.74, 6) is 0.259. The van der Waals surface area contributed by atoms with Crippen molar-refractivity contribution in [2.75, 3.05) is 27.4 Å². The summed E-state index contributed by atoms with van der Waals surface area (Å²) < 4.78 is 15.3. The normalized spacial score (nSPS) is 16.0. The van der Waals surface area contributed by atoms with Crippen LogP contribution < -0.4 is 9.47 Å². The standard InChI is InChI=1S/C19H21NO5S/c1-12-14-7-9-26-17(14)6-8-20(12)19(22)13-4-5-15(16(10-13)23-2)25-11-18(21)24-3/h4-5,7,9-10,12H,6,8,11H2,1-3H3. The van der Waals surface area contributed by atoms with Gasteiger partial charge in [-0.1, -0.05) is 0 Å². The van der Waals surface area contributed by atoms with Gasteiger partial charge < -0.3 is 19.1 Å². The molecule has 0 aliphatic carbocycles. The van der Waals surface area contributed by atoms with Crippen LogP contribution in [0.15, 0.2) is 29.6 Å². The first-order valence-corrected chi connectivity index (χ1v) is 9.18. The SMILES string of the molecule is COC(=O)COc1ccc(C(=O)N2CCc3sccc3C2C)cc1OC. The molecule has 0 bridgehead atoms. The lowest BCUT2D eigenvalue weighted by Crippen LogP contribution is -2.38. The van der Waals surface area contributed by atoms with Gasteiger partial charge in [0.05, 0.1) is 20.3 Å². The van der Waals surface area contributed by atoms with Gasteiger partial charge >= 0.3 is 5.97 Å². The van der Waals surface area contributed by atoms with Crippen LogP contribution in [0.4, 0.5) is 0 Å². The molecule has 1 atom stereocenters. The highest BCUT2D eigenvalue weighted by molar-refractivity contribution is 7.10. The van der Waals surface area contributed by atoms with E-state index in [1.165, 1.54) is 24.7 Å². The lowest BCUT2D eigenvalue weighted by molar-refractivity contribution is -0.142. The Labute approximate surface area is 156 Å². The van der Waals surface area contributed by atoms with E-state index in [0.29, 0.717) is 23.6 Å². The van der Waals surface area contributed by atoms with Crippen LogP contribution in [0.2, 0.25) is 0 Å². The molecule has 0 saturated heterocycles. The summed E-state index contributed by atoms with van der Waals surface area (Å²) in [6, 6.07) is 7.10. The van der Waals surface area contributed by atoms with Gasteiger partial charge in [0.1, 0.15) is 0 Å². The molecule has 0 spiro atoms. The zero-order chi connectivity index (χ0) is 18.7. The van der Waals surface area contributed by atoms with Crippen LogP contribution in [0, 0.1) is 0 Å². The molecule has 7 heteroatoms. The zero-order valence-electron chi connectivity index (χ0n) is 15.0. The van der Waals surface area contributed by atoms with Gasteiger partial charge in [-0.25, -0.2) is 4.79 Å². The molecule has 138 valence electrons. The van der Waals surface area contributed by atoms with Crippen LogP contribution in [0.3, 0.4) is 0 Å². The molecule has 26 heavy (non-hydrogen) atoms. The zero-order valence-corrected chi connectivity index (χ0v) is 15.8. The van der Waals surface area contributed by atoms with E-state index in [0.717, 1.165) is 6.42 Å². The van der Waals surface area contributed by atoms with Crippen molar-refractivity contribution in [3.63, 3.8) is 0 Å². The molecule has 1 unspecified atom stereocenters. The Morgan fingerprint density at radius 2 is 2.04 bits per heavy atom. The van der Waals surface area contributed by atoms with Gasteiger partial charge in [0.15, 0.2) is 18.1 Å². The predicted molar refractivity (Wildman–Crippen MR) is 98.0 cm³/mol. The Kier molecular flexibility index (Phi) is 5.46. The van der Waals surface area contributed by atoms with Gasteiger partial charge in [-0.15, -0.1) is 11.3 Å². The molecule has 1 amide bonds. The fraction of sp³-hybridized carbons (Fsp3) is 0.368. The van der Waals surface area contributed by atoms with Gasteiger partial charge in [0.25, 0.3) is 5.91 Å². The first kappa shape index (κ1) is 18.3. The second kappa shape index (κ2) is 7.78. The van der Waals surface area contributed by atoms with Crippen LogP contribution in [0.5, 0.6) is 11.5 Å². The van der Waals surface area contributed by atoms with Crippen molar-refractivity contribution in [1.82, 2.24) is 4.90 Å². The average Bonchev–Trinajstić information content (AvgIpc) is 3.15. The minimum atomic E-state index is -0.485. The van der Waals surface area contributed by atoms with Gasteiger partial charge in [-0.3, -0.25) is 4.79 Å². The third-order valence-corrected chi connectivity index (χ3v) is 5.52. The Morgan fingerprint density at radius 1 is 1.23 bits per heavy atom. The molecule has 0 saturated carbocycles. The minimum Gasteiger partial charge on any atom is -0.493 e. The maximum Gasteiger partial charge on any atom is 0.343 e. The smallest absolute Gasteiger partial charge is 0.343 e. The van der Waals surface area contributed by atoms with Gasteiger partial charge in [0, 0.05) is 17.0 Å². The molecule has 3 rings (SSSR count). The third kappa shape index (κ3) is 3.53. The Bertz CT molecular complexity index is 816. The molecule has 2 heterocycles. The number of rotatable bonds is 5. The fourth-order valence-corrected chi connectivity index (χ4v) is 4.03. The van der Waals surface area contributed by atoms with Crippen LogP contribution in [-0.4, -0.2) is 44.1 Å². The van der Waals surface area contributed by atoms with Crippen molar-refractivity contribution in [2.24, 2.45) is 0 Å². The number of esters is 1. The molecule has 1 aromatic carbocycles. The van der Waals surface area contributed by atoms with Crippen LogP contribution >= 0.6 is 11.3 Å². The number of hydrogen-bond donors (Lipinski definition) is 0. The average molecular weight is 375 g/mol. The number of methoxy groups -OCH3 is 2. The molecule has 2 aromatic rings. The molecule has 0 radical (unpaired) electrons. The summed E-state index contributed by atoms with van der Waals surface area (Å²) >= 11 is 1.74. The van der Waals surface area contributed by atoms with E-state index in [4.69, 9.17) is 9.47 Å². The minimum absolute atomic E-state index is 0.0405. The van der Waals surface area contributed by atoms with Gasteiger partial charge in [-0.2, -0.15) is 0 Å². The Hall–Kier alpha value is -2.54. The maximum atomic E-state index is 13.0. The number of carbonyl (C=O) groups is 2. The second-order valence-electron chi connectivity index (χ2n) is 5.95. The van der Waals surface area contributed by atoms with Crippen LogP contribution in [-0.2, 0) is 16.0 Å². The van der Waals surface area contributed by atoms with E-state index in [2.05, 4.69) is 16.2 Å². The molecule has 0 fully saturated rings. The maximum absolute atomic E-state index is 13.0. The van der Waals surface area contributed by atoms with E-state index in [9.17, 15) is 9.59 Å². The molecule has 1 aromatic heterocycles. The fourth-order valence-electron chi connectivity index (χ4n) is 3.07. The largest absolute Gasteiger partial charge is 0.493 e. The molecule has 6 nitrogen and oxygen atoms in total. The number of amides is 1. The van der Waals surface area contributed by atoms with Crippen LogP contribution in [0.1, 0.15) is 33.8 Å². The van der Waals surface area contributed by atoms with Crippen molar-refractivity contribution < 1.29 is 23.8 Å². The molecular weight excluding hydrogens is 354 g/mol. The third-order valence-electron chi connectivity index (χ3n) is 4.52. The summed E-state index contributed by atoms with van der Waals surface area (Å²) in [5.41, 5.74) is 1.75.